The van der Waals surface area contributed by atoms with E-state index < -0.39 is 11.9 Å². The van der Waals surface area contributed by atoms with Gasteiger partial charge in [0.05, 0.1) is 6.61 Å². The van der Waals surface area contributed by atoms with Gasteiger partial charge in [-0.05, 0) is 19.8 Å². The van der Waals surface area contributed by atoms with Gasteiger partial charge in [-0.15, -0.1) is 0 Å². The zero-order valence-corrected chi connectivity index (χ0v) is 11.1. The van der Waals surface area contributed by atoms with Gasteiger partial charge in [-0.3, -0.25) is 14.4 Å². The minimum Gasteiger partial charge on any atom is -0.465 e. The van der Waals surface area contributed by atoms with Crippen molar-refractivity contribution in [3.8, 4) is 0 Å². The zero-order chi connectivity index (χ0) is 14.3. The van der Waals surface area contributed by atoms with E-state index >= 15 is 0 Å². The third kappa shape index (κ3) is 4.86. The molecule has 2 aliphatic heterocycles. The van der Waals surface area contributed by atoms with E-state index in [0.29, 0.717) is 32.5 Å². The van der Waals surface area contributed by atoms with Crippen LogP contribution in [0.3, 0.4) is 0 Å². The molecule has 0 aromatic heterocycles. The molecule has 4 N–H and O–H groups in total. The Balaban J connectivity index is 0.000000200. The van der Waals surface area contributed by atoms with Crippen LogP contribution in [0.1, 0.15) is 26.2 Å². The molecule has 0 bridgehead atoms. The van der Waals surface area contributed by atoms with Gasteiger partial charge in [-0.1, -0.05) is 0 Å². The number of hydrogen-bond acceptors (Lipinski definition) is 5. The monoisotopic (exact) mass is 271 g/mol. The largest absolute Gasteiger partial charge is 0.465 e. The first-order valence-electron chi connectivity index (χ1n) is 6.52. The van der Waals surface area contributed by atoms with Crippen molar-refractivity contribution in [3.63, 3.8) is 0 Å². The molecule has 2 saturated heterocycles. The van der Waals surface area contributed by atoms with Gasteiger partial charge in [-0.25, -0.2) is 0 Å². The molecule has 0 spiro atoms. The molecule has 0 aromatic carbocycles. The second kappa shape index (κ2) is 7.73. The lowest BCUT2D eigenvalue weighted by atomic mass is 10.1. The van der Waals surface area contributed by atoms with E-state index in [1.165, 1.54) is 0 Å². The molecular weight excluding hydrogens is 250 g/mol. The van der Waals surface area contributed by atoms with Crippen LogP contribution >= 0.6 is 0 Å². The normalized spacial score (nSPS) is 25.2. The smallest absolute Gasteiger partial charge is 0.318 e. The molecular formula is C12H21N3O4. The van der Waals surface area contributed by atoms with Crippen LogP contribution in [0, 0.1) is 5.92 Å². The minimum absolute atomic E-state index is 0.139. The second-order valence-electron chi connectivity index (χ2n) is 4.42. The van der Waals surface area contributed by atoms with E-state index in [4.69, 9.17) is 10.5 Å². The van der Waals surface area contributed by atoms with Gasteiger partial charge in [0.25, 0.3) is 0 Å². The maximum Gasteiger partial charge on any atom is 0.318 e. The molecule has 0 aliphatic carbocycles. The van der Waals surface area contributed by atoms with Gasteiger partial charge >= 0.3 is 5.97 Å². The van der Waals surface area contributed by atoms with E-state index in [1.807, 2.05) is 0 Å². The number of hydrogen-bond donors (Lipinski definition) is 3. The summed E-state index contributed by atoms with van der Waals surface area (Å²) in [5.41, 5.74) is 5.28. The molecule has 2 amide bonds. The Morgan fingerprint density at radius 1 is 1.42 bits per heavy atom. The number of ether oxygens (including phenoxy) is 1. The van der Waals surface area contributed by atoms with E-state index in [9.17, 15) is 14.4 Å². The molecule has 2 atom stereocenters. The summed E-state index contributed by atoms with van der Waals surface area (Å²) < 4.78 is 4.70. The number of carbonyl (C=O) groups is 3. The minimum atomic E-state index is -0.560. The Morgan fingerprint density at radius 3 is 2.53 bits per heavy atom. The lowest BCUT2D eigenvalue weighted by Gasteiger charge is -2.04. The van der Waals surface area contributed by atoms with Gasteiger partial charge in [-0.2, -0.15) is 0 Å². The van der Waals surface area contributed by atoms with Crippen LogP contribution in [-0.4, -0.2) is 43.5 Å². The number of rotatable bonds is 3. The number of nitrogens with two attached hydrogens (primary N) is 1. The first kappa shape index (κ1) is 15.4. The number of nitrogens with one attached hydrogen (secondary N) is 2. The molecule has 108 valence electrons. The summed E-state index contributed by atoms with van der Waals surface area (Å²) in [6, 6.07) is 0.252. The Hall–Kier alpha value is -1.63. The Labute approximate surface area is 112 Å². The molecule has 0 aromatic rings. The van der Waals surface area contributed by atoms with E-state index in [2.05, 4.69) is 10.6 Å². The van der Waals surface area contributed by atoms with Gasteiger partial charge < -0.3 is 21.1 Å². The quantitative estimate of drug-likeness (QED) is 0.446. The molecule has 2 rings (SSSR count). The average molecular weight is 271 g/mol. The van der Waals surface area contributed by atoms with Crippen LogP contribution < -0.4 is 16.4 Å². The highest BCUT2D eigenvalue weighted by Gasteiger charge is 2.31. The lowest BCUT2D eigenvalue weighted by molar-refractivity contribution is -0.150. The summed E-state index contributed by atoms with van der Waals surface area (Å²) in [6.45, 7) is 3.22. The fraction of sp³-hybridized carbons (Fsp3) is 0.750. The first-order chi connectivity index (χ1) is 9.08. The highest BCUT2D eigenvalue weighted by Crippen LogP contribution is 2.10. The summed E-state index contributed by atoms with van der Waals surface area (Å²) in [4.78, 5) is 32.3. The summed E-state index contributed by atoms with van der Waals surface area (Å²) in [5, 5.41) is 5.31. The van der Waals surface area contributed by atoms with Gasteiger partial charge in [0, 0.05) is 25.6 Å². The summed E-state index contributed by atoms with van der Waals surface area (Å²) >= 11 is 0. The standard InChI is InChI=1S/C7H11NO3.C5H10N2O/c1-2-11-7(10)5-3-4-8-6(5)9;6-3-4-1-2-5(8)7-4/h5H,2-4H2,1H3,(H,8,9);4H,1-3,6H2,(H,7,8). The highest BCUT2D eigenvalue weighted by molar-refractivity contribution is 5.99. The summed E-state index contributed by atoms with van der Waals surface area (Å²) in [7, 11) is 0. The number of carbonyl (C=O) groups excluding carboxylic acids is 3. The third-order valence-electron chi connectivity index (χ3n) is 2.99. The summed E-state index contributed by atoms with van der Waals surface area (Å²) in [6.07, 6.45) is 2.13. The first-order valence-corrected chi connectivity index (χ1v) is 6.52. The fourth-order valence-corrected chi connectivity index (χ4v) is 1.92. The Morgan fingerprint density at radius 2 is 2.16 bits per heavy atom. The molecule has 7 heteroatoms. The second-order valence-corrected chi connectivity index (χ2v) is 4.42. The van der Waals surface area contributed by atoms with Crippen molar-refractivity contribution in [2.75, 3.05) is 19.7 Å². The summed E-state index contributed by atoms with van der Waals surface area (Å²) in [5.74, 6) is -1.03. The van der Waals surface area contributed by atoms with Crippen LogP contribution in [0.4, 0.5) is 0 Å². The lowest BCUT2D eigenvalue weighted by Crippen LogP contribution is -2.32. The molecule has 7 nitrogen and oxygen atoms in total. The molecule has 2 unspecified atom stereocenters. The van der Waals surface area contributed by atoms with Gasteiger partial charge in [0.2, 0.25) is 11.8 Å². The predicted octanol–water partition coefficient (Wildman–Crippen LogP) is -1.09. The Bertz CT molecular complexity index is 346. The number of amides is 2. The highest BCUT2D eigenvalue weighted by atomic mass is 16.5. The van der Waals surface area contributed by atoms with Crippen molar-refractivity contribution in [2.24, 2.45) is 11.7 Å². The van der Waals surface area contributed by atoms with Crippen LogP contribution in [0.2, 0.25) is 0 Å². The molecule has 2 fully saturated rings. The SMILES string of the molecule is CCOC(=O)C1CCNC1=O.NCC1CCC(=O)N1. The van der Waals surface area contributed by atoms with Crippen molar-refractivity contribution in [2.45, 2.75) is 32.2 Å². The third-order valence-corrected chi connectivity index (χ3v) is 2.99. The van der Waals surface area contributed by atoms with Crippen molar-refractivity contribution >= 4 is 17.8 Å². The van der Waals surface area contributed by atoms with E-state index in [1.54, 1.807) is 6.92 Å². The van der Waals surface area contributed by atoms with Crippen molar-refractivity contribution < 1.29 is 19.1 Å². The maximum absolute atomic E-state index is 11.0. The molecule has 0 radical (unpaired) electrons. The van der Waals surface area contributed by atoms with E-state index in [0.717, 1.165) is 6.42 Å². The number of esters is 1. The van der Waals surface area contributed by atoms with Gasteiger partial charge in [0.15, 0.2) is 0 Å². The fourth-order valence-electron chi connectivity index (χ4n) is 1.92. The van der Waals surface area contributed by atoms with Crippen LogP contribution in [0.25, 0.3) is 0 Å². The maximum atomic E-state index is 11.0. The van der Waals surface area contributed by atoms with Crippen molar-refractivity contribution in [1.82, 2.24) is 10.6 Å². The average Bonchev–Trinajstić information content (AvgIpc) is 2.99. The Kier molecular flexibility index (Phi) is 6.27. The molecule has 2 aliphatic rings. The van der Waals surface area contributed by atoms with Crippen LogP contribution in [0.5, 0.6) is 0 Å². The topological polar surface area (TPSA) is 111 Å². The van der Waals surface area contributed by atoms with Crippen molar-refractivity contribution in [3.05, 3.63) is 0 Å². The van der Waals surface area contributed by atoms with Gasteiger partial charge in [0.1, 0.15) is 5.92 Å². The van der Waals surface area contributed by atoms with Crippen LogP contribution in [-0.2, 0) is 19.1 Å². The molecule has 2 heterocycles. The zero-order valence-electron chi connectivity index (χ0n) is 11.1. The molecule has 0 saturated carbocycles. The molecule has 19 heavy (non-hydrogen) atoms. The predicted molar refractivity (Wildman–Crippen MR) is 68.0 cm³/mol. The van der Waals surface area contributed by atoms with E-state index in [-0.39, 0.29) is 17.9 Å². The van der Waals surface area contributed by atoms with Crippen LogP contribution in [0.15, 0.2) is 0 Å². The van der Waals surface area contributed by atoms with Crippen molar-refractivity contribution in [1.29, 1.82) is 0 Å².